The second-order valence-electron chi connectivity index (χ2n) is 8.52. The van der Waals surface area contributed by atoms with Crippen molar-refractivity contribution in [3.05, 3.63) is 94.0 Å². The molecule has 38 heavy (non-hydrogen) atoms. The zero-order valence-electron chi connectivity index (χ0n) is 21.2. The minimum Gasteiger partial charge on any atom is -0.495 e. The molecule has 0 spiro atoms. The first kappa shape index (κ1) is 29.3. The average molecular weight is 579 g/mol. The van der Waals surface area contributed by atoms with Crippen molar-refractivity contribution in [1.82, 2.24) is 10.2 Å². The van der Waals surface area contributed by atoms with E-state index in [0.717, 1.165) is 16.1 Å². The Morgan fingerprint density at radius 2 is 1.63 bits per heavy atom. The van der Waals surface area contributed by atoms with Crippen LogP contribution in [0.15, 0.2) is 72.8 Å². The molecule has 3 rings (SSSR count). The largest absolute Gasteiger partial charge is 0.495 e. The second kappa shape index (κ2) is 13.0. The number of methoxy groups -OCH3 is 1. The van der Waals surface area contributed by atoms with Gasteiger partial charge in [-0.3, -0.25) is 13.9 Å². The number of likely N-dealkylation sites (N-methyl/N-ethyl adjacent to an activating group) is 1. The second-order valence-corrected chi connectivity index (χ2v) is 11.2. The van der Waals surface area contributed by atoms with Crippen LogP contribution in [-0.2, 0) is 32.6 Å². The van der Waals surface area contributed by atoms with E-state index < -0.39 is 34.4 Å². The van der Waals surface area contributed by atoms with E-state index in [1.165, 1.54) is 37.3 Å². The predicted octanol–water partition coefficient (Wildman–Crippen LogP) is 4.15. The highest BCUT2D eigenvalue weighted by Gasteiger charge is 2.33. The van der Waals surface area contributed by atoms with Crippen molar-refractivity contribution in [3.8, 4) is 5.75 Å². The first-order chi connectivity index (χ1) is 18.0. The number of carbonyl (C=O) groups is 2. The van der Waals surface area contributed by atoms with Gasteiger partial charge in [-0.15, -0.1) is 0 Å². The molecule has 3 aromatic carbocycles. The molecule has 202 valence electrons. The number of nitrogens with zero attached hydrogens (tertiary/aromatic N) is 2. The maximum absolute atomic E-state index is 13.9. The van der Waals surface area contributed by atoms with E-state index in [0.29, 0.717) is 16.3 Å². The lowest BCUT2D eigenvalue weighted by Crippen LogP contribution is -2.52. The number of hydrogen-bond acceptors (Lipinski definition) is 5. The third-order valence-electron chi connectivity index (χ3n) is 5.92. The average Bonchev–Trinajstić information content (AvgIpc) is 2.89. The van der Waals surface area contributed by atoms with E-state index in [-0.39, 0.29) is 23.7 Å². The van der Waals surface area contributed by atoms with Crippen molar-refractivity contribution in [2.45, 2.75) is 19.0 Å². The molecule has 0 radical (unpaired) electrons. The molecule has 0 saturated carbocycles. The number of anilines is 1. The smallest absolute Gasteiger partial charge is 0.244 e. The fourth-order valence-corrected chi connectivity index (χ4v) is 5.24. The van der Waals surface area contributed by atoms with Crippen molar-refractivity contribution in [2.24, 2.45) is 0 Å². The fourth-order valence-electron chi connectivity index (χ4n) is 3.95. The molecule has 0 aliphatic rings. The Kier molecular flexibility index (Phi) is 10.0. The van der Waals surface area contributed by atoms with E-state index in [1.54, 1.807) is 24.3 Å². The Morgan fingerprint density at radius 3 is 2.21 bits per heavy atom. The summed E-state index contributed by atoms with van der Waals surface area (Å²) in [7, 11) is -0.986. The van der Waals surface area contributed by atoms with Crippen LogP contribution in [0.5, 0.6) is 5.75 Å². The number of hydrogen-bond donors (Lipinski definition) is 1. The van der Waals surface area contributed by atoms with Crippen LogP contribution < -0.4 is 14.4 Å². The lowest BCUT2D eigenvalue weighted by molar-refractivity contribution is -0.139. The highest BCUT2D eigenvalue weighted by molar-refractivity contribution is 7.92. The van der Waals surface area contributed by atoms with Crippen molar-refractivity contribution in [1.29, 1.82) is 0 Å². The molecule has 0 aliphatic heterocycles. The summed E-state index contributed by atoms with van der Waals surface area (Å²) in [5.41, 5.74) is 1.63. The number of rotatable bonds is 11. The van der Waals surface area contributed by atoms with Gasteiger partial charge < -0.3 is 15.0 Å². The number of halogens is 2. The Bertz CT molecular complexity index is 1390. The molecule has 0 aliphatic carbocycles. The van der Waals surface area contributed by atoms with Gasteiger partial charge in [0.25, 0.3) is 0 Å². The molecule has 0 bridgehead atoms. The molecule has 1 unspecified atom stereocenters. The van der Waals surface area contributed by atoms with E-state index in [4.69, 9.17) is 27.9 Å². The van der Waals surface area contributed by atoms with Gasteiger partial charge in [0.05, 0.1) is 24.1 Å². The summed E-state index contributed by atoms with van der Waals surface area (Å²) >= 11 is 12.6. The minimum atomic E-state index is -3.91. The lowest BCUT2D eigenvalue weighted by atomic mass is 10.0. The molecule has 0 saturated heterocycles. The lowest BCUT2D eigenvalue weighted by Gasteiger charge is -2.33. The van der Waals surface area contributed by atoms with Crippen LogP contribution in [0.4, 0.5) is 5.69 Å². The normalized spacial score (nSPS) is 11.9. The Balaban J connectivity index is 2.04. The molecule has 0 fully saturated rings. The number of carbonyl (C=O) groups excluding carboxylic acids is 2. The molecule has 1 N–H and O–H groups in total. The summed E-state index contributed by atoms with van der Waals surface area (Å²) in [5.74, 6) is -0.627. The van der Waals surface area contributed by atoms with Crippen LogP contribution in [0.25, 0.3) is 0 Å². The van der Waals surface area contributed by atoms with Gasteiger partial charge in [0.2, 0.25) is 21.8 Å². The Morgan fingerprint density at radius 1 is 0.974 bits per heavy atom. The topological polar surface area (TPSA) is 96.0 Å². The number of benzene rings is 3. The van der Waals surface area contributed by atoms with Crippen LogP contribution in [0.2, 0.25) is 10.0 Å². The van der Waals surface area contributed by atoms with Crippen LogP contribution in [0.3, 0.4) is 0 Å². The third kappa shape index (κ3) is 7.40. The zero-order valence-corrected chi connectivity index (χ0v) is 23.6. The Labute approximate surface area is 233 Å². The molecule has 0 aromatic heterocycles. The summed E-state index contributed by atoms with van der Waals surface area (Å²) in [6.07, 6.45) is 1.21. The van der Waals surface area contributed by atoms with Crippen molar-refractivity contribution < 1.29 is 22.7 Å². The van der Waals surface area contributed by atoms with Crippen molar-refractivity contribution in [3.63, 3.8) is 0 Å². The van der Waals surface area contributed by atoms with Crippen LogP contribution in [-0.4, -0.2) is 58.1 Å². The summed E-state index contributed by atoms with van der Waals surface area (Å²) < 4.78 is 31.7. The molecular formula is C27H29Cl2N3O5S. The van der Waals surface area contributed by atoms with Gasteiger partial charge >= 0.3 is 0 Å². The summed E-state index contributed by atoms with van der Waals surface area (Å²) in [6, 6.07) is 19.7. The third-order valence-corrected chi connectivity index (χ3v) is 7.72. The first-order valence-corrected chi connectivity index (χ1v) is 14.2. The Hall–Kier alpha value is -3.27. The van der Waals surface area contributed by atoms with E-state index >= 15 is 0 Å². The van der Waals surface area contributed by atoms with E-state index in [2.05, 4.69) is 5.32 Å². The van der Waals surface area contributed by atoms with Gasteiger partial charge in [-0.2, -0.15) is 0 Å². The summed E-state index contributed by atoms with van der Waals surface area (Å²) in [5, 5.41) is 3.23. The van der Waals surface area contributed by atoms with Gasteiger partial charge in [0.15, 0.2) is 0 Å². The number of nitrogens with one attached hydrogen (secondary N) is 1. The summed E-state index contributed by atoms with van der Waals surface area (Å²) in [4.78, 5) is 28.4. The van der Waals surface area contributed by atoms with Gasteiger partial charge in [0, 0.05) is 25.0 Å². The fraction of sp³-hybridized carbons (Fsp3) is 0.259. The maximum atomic E-state index is 13.9. The number of sulfonamides is 1. The number of ether oxygens (including phenoxy) is 1. The summed E-state index contributed by atoms with van der Waals surface area (Å²) in [6.45, 7) is -0.571. The molecule has 0 heterocycles. The van der Waals surface area contributed by atoms with E-state index in [9.17, 15) is 18.0 Å². The highest BCUT2D eigenvalue weighted by Crippen LogP contribution is 2.30. The molecule has 11 heteroatoms. The van der Waals surface area contributed by atoms with Gasteiger partial charge in [-0.25, -0.2) is 8.42 Å². The maximum Gasteiger partial charge on any atom is 0.244 e. The standard InChI is InChI=1S/C27H29Cl2N3O5S/c1-30-27(34)24(15-19-9-5-4-6-10-19)31(17-20-11-7-8-12-22(20)28)26(33)18-32(38(3,35)36)21-13-14-25(37-2)23(29)16-21/h4-14,16,24H,15,17-18H2,1-3H3,(H,30,34). The molecule has 2 amide bonds. The monoisotopic (exact) mass is 577 g/mol. The van der Waals surface area contributed by atoms with Crippen LogP contribution >= 0.6 is 23.2 Å². The van der Waals surface area contributed by atoms with Gasteiger partial charge in [-0.05, 0) is 35.4 Å². The zero-order chi connectivity index (χ0) is 27.9. The quantitative estimate of drug-likeness (QED) is 0.369. The highest BCUT2D eigenvalue weighted by atomic mass is 35.5. The predicted molar refractivity (Wildman–Crippen MR) is 150 cm³/mol. The van der Waals surface area contributed by atoms with Crippen molar-refractivity contribution >= 4 is 50.7 Å². The molecule has 1 atom stereocenters. The van der Waals surface area contributed by atoms with E-state index in [1.807, 2.05) is 30.3 Å². The molecule has 3 aromatic rings. The van der Waals surface area contributed by atoms with Gasteiger partial charge in [0.1, 0.15) is 18.3 Å². The van der Waals surface area contributed by atoms with Crippen molar-refractivity contribution in [2.75, 3.05) is 31.3 Å². The molecular weight excluding hydrogens is 549 g/mol. The number of amides is 2. The van der Waals surface area contributed by atoms with Gasteiger partial charge in [-0.1, -0.05) is 71.7 Å². The van der Waals surface area contributed by atoms with Crippen LogP contribution in [0, 0.1) is 0 Å². The SMILES string of the molecule is CNC(=O)C(Cc1ccccc1)N(Cc1ccccc1Cl)C(=O)CN(c1ccc(OC)c(Cl)c1)S(C)(=O)=O. The first-order valence-electron chi connectivity index (χ1n) is 11.6. The minimum absolute atomic E-state index is 0.00953. The molecule has 8 nitrogen and oxygen atoms in total. The van der Waals surface area contributed by atoms with Crippen LogP contribution in [0.1, 0.15) is 11.1 Å².